The van der Waals surface area contributed by atoms with Crippen molar-refractivity contribution >= 4 is 75.8 Å². The minimum Gasteiger partial charge on any atom is -0.454 e. The first-order valence-electron chi connectivity index (χ1n) is 8.36. The summed E-state index contributed by atoms with van der Waals surface area (Å²) in [6.45, 7) is 0.552. The maximum absolute atomic E-state index is 12.6. The van der Waals surface area contributed by atoms with Crippen molar-refractivity contribution < 1.29 is 23.9 Å². The average Bonchev–Trinajstić information content (AvgIpc) is 2.95. The van der Waals surface area contributed by atoms with Crippen molar-refractivity contribution in [2.45, 2.75) is 6.92 Å². The number of rotatable bonds is 5. The van der Waals surface area contributed by atoms with Gasteiger partial charge < -0.3 is 10.1 Å². The van der Waals surface area contributed by atoms with E-state index in [1.54, 1.807) is 24.3 Å². The van der Waals surface area contributed by atoms with Gasteiger partial charge in [0.05, 0.1) is 31.2 Å². The first-order chi connectivity index (χ1) is 14.1. The molecule has 2 aromatic carbocycles. The van der Waals surface area contributed by atoms with Crippen molar-refractivity contribution in [1.82, 2.24) is 4.90 Å². The Kier molecular flexibility index (Phi) is 6.57. The minimum absolute atomic E-state index is 0.180. The summed E-state index contributed by atoms with van der Waals surface area (Å²) in [6, 6.07) is 6.99. The van der Waals surface area contributed by atoms with Crippen molar-refractivity contribution in [1.29, 1.82) is 0 Å². The molecule has 30 heavy (non-hydrogen) atoms. The van der Waals surface area contributed by atoms with Gasteiger partial charge in [-0.3, -0.25) is 24.1 Å². The van der Waals surface area contributed by atoms with E-state index in [1.165, 1.54) is 0 Å². The van der Waals surface area contributed by atoms with E-state index in [-0.39, 0.29) is 31.2 Å². The normalized spacial score (nSPS) is 12.8. The Morgan fingerprint density at radius 3 is 1.90 bits per heavy atom. The second-order valence-corrected chi connectivity index (χ2v) is 7.79. The predicted octanol–water partition coefficient (Wildman–Crippen LogP) is 4.39. The summed E-state index contributed by atoms with van der Waals surface area (Å²) in [4.78, 5) is 49.7. The number of esters is 1. The highest BCUT2D eigenvalue weighted by molar-refractivity contribution is 6.55. The SMILES string of the molecule is Cc1ccc(NC(=O)COC(=O)CN2C(=O)c3c(Cl)c(Cl)c(Cl)c(Cl)c3C2=O)cc1. The summed E-state index contributed by atoms with van der Waals surface area (Å²) < 4.78 is 4.85. The topological polar surface area (TPSA) is 92.8 Å². The number of aryl methyl sites for hydroxylation is 1. The molecule has 0 atom stereocenters. The highest BCUT2D eigenvalue weighted by Crippen LogP contribution is 2.44. The van der Waals surface area contributed by atoms with Crippen molar-refractivity contribution in [3.8, 4) is 0 Å². The van der Waals surface area contributed by atoms with Gasteiger partial charge in [0, 0.05) is 5.69 Å². The minimum atomic E-state index is -0.979. The first-order valence-corrected chi connectivity index (χ1v) is 9.87. The molecule has 0 unspecified atom stereocenters. The van der Waals surface area contributed by atoms with Gasteiger partial charge >= 0.3 is 5.97 Å². The van der Waals surface area contributed by atoms with Crippen LogP contribution in [0, 0.1) is 6.92 Å². The number of hydrogen-bond donors (Lipinski definition) is 1. The molecule has 11 heteroatoms. The number of benzene rings is 2. The standard InChI is InChI=1S/C19H12Cl4N2O5/c1-8-2-4-9(5-3-8)24-10(26)7-30-11(27)6-25-18(28)12-13(19(25)29)15(21)17(23)16(22)14(12)20/h2-5H,6-7H2,1H3,(H,24,26). The van der Waals surface area contributed by atoms with Crippen molar-refractivity contribution in [3.63, 3.8) is 0 Å². The fourth-order valence-electron chi connectivity index (χ4n) is 2.69. The van der Waals surface area contributed by atoms with Gasteiger partial charge in [-0.15, -0.1) is 0 Å². The Labute approximate surface area is 190 Å². The van der Waals surface area contributed by atoms with Crippen LogP contribution in [0.2, 0.25) is 20.1 Å². The molecule has 7 nitrogen and oxygen atoms in total. The second-order valence-electron chi connectivity index (χ2n) is 6.28. The van der Waals surface area contributed by atoms with Crippen LogP contribution in [0.5, 0.6) is 0 Å². The van der Waals surface area contributed by atoms with Gasteiger partial charge in [0.15, 0.2) is 6.61 Å². The number of halogens is 4. The quantitative estimate of drug-likeness (QED) is 0.291. The summed E-state index contributed by atoms with van der Waals surface area (Å²) in [5.74, 6) is -3.31. The molecule has 3 amide bonds. The van der Waals surface area contributed by atoms with Crippen LogP contribution in [0.15, 0.2) is 24.3 Å². The Balaban J connectivity index is 1.64. The predicted molar refractivity (Wildman–Crippen MR) is 113 cm³/mol. The van der Waals surface area contributed by atoms with Crippen LogP contribution in [0.1, 0.15) is 26.3 Å². The van der Waals surface area contributed by atoms with Crippen LogP contribution < -0.4 is 5.32 Å². The molecule has 3 rings (SSSR count). The van der Waals surface area contributed by atoms with Gasteiger partial charge in [0.1, 0.15) is 6.54 Å². The summed E-state index contributed by atoms with van der Waals surface area (Å²) in [5.41, 5.74) is 1.06. The maximum atomic E-state index is 12.6. The number of nitrogens with zero attached hydrogens (tertiary/aromatic N) is 1. The molecule has 1 aliphatic heterocycles. The molecule has 0 spiro atoms. The van der Waals surface area contributed by atoms with Crippen molar-refractivity contribution in [2.75, 3.05) is 18.5 Å². The van der Waals surface area contributed by atoms with Gasteiger partial charge in [-0.2, -0.15) is 0 Å². The maximum Gasteiger partial charge on any atom is 0.326 e. The van der Waals surface area contributed by atoms with E-state index in [2.05, 4.69) is 5.32 Å². The zero-order valence-electron chi connectivity index (χ0n) is 15.2. The van der Waals surface area contributed by atoms with Gasteiger partial charge in [-0.1, -0.05) is 64.1 Å². The van der Waals surface area contributed by atoms with Gasteiger partial charge in [-0.25, -0.2) is 0 Å². The highest BCUT2D eigenvalue weighted by atomic mass is 35.5. The Morgan fingerprint density at radius 1 is 0.900 bits per heavy atom. The molecule has 0 saturated heterocycles. The summed E-state index contributed by atoms with van der Waals surface area (Å²) in [5, 5.41) is 1.70. The number of nitrogens with one attached hydrogen (secondary N) is 1. The van der Waals surface area contributed by atoms with E-state index in [1.807, 2.05) is 6.92 Å². The Morgan fingerprint density at radius 2 is 1.40 bits per heavy atom. The lowest BCUT2D eigenvalue weighted by Crippen LogP contribution is -2.36. The molecule has 0 aromatic heterocycles. The monoisotopic (exact) mass is 488 g/mol. The summed E-state index contributed by atoms with van der Waals surface area (Å²) in [6.07, 6.45) is 0. The third-order valence-corrected chi connectivity index (χ3v) is 5.97. The number of hydrogen-bond acceptors (Lipinski definition) is 5. The smallest absolute Gasteiger partial charge is 0.326 e. The van der Waals surface area contributed by atoms with E-state index in [0.717, 1.165) is 5.56 Å². The van der Waals surface area contributed by atoms with Gasteiger partial charge in [0.25, 0.3) is 17.7 Å². The molecule has 0 aliphatic carbocycles. The van der Waals surface area contributed by atoms with Crippen LogP contribution in [-0.2, 0) is 14.3 Å². The lowest BCUT2D eigenvalue weighted by molar-refractivity contribution is -0.147. The summed E-state index contributed by atoms with van der Waals surface area (Å²) in [7, 11) is 0. The molecule has 1 heterocycles. The van der Waals surface area contributed by atoms with E-state index >= 15 is 0 Å². The fourth-order valence-corrected chi connectivity index (χ4v) is 3.71. The zero-order chi connectivity index (χ0) is 22.2. The number of ether oxygens (including phenoxy) is 1. The summed E-state index contributed by atoms with van der Waals surface area (Å²) >= 11 is 23.9. The van der Waals surface area contributed by atoms with Gasteiger partial charge in [0.2, 0.25) is 0 Å². The highest BCUT2D eigenvalue weighted by Gasteiger charge is 2.42. The fraction of sp³-hybridized carbons (Fsp3) is 0.158. The zero-order valence-corrected chi connectivity index (χ0v) is 18.2. The van der Waals surface area contributed by atoms with Crippen LogP contribution in [0.25, 0.3) is 0 Å². The molecule has 1 aliphatic rings. The van der Waals surface area contributed by atoms with Crippen LogP contribution in [-0.4, -0.2) is 41.7 Å². The lowest BCUT2D eigenvalue weighted by atomic mass is 10.1. The first kappa shape index (κ1) is 22.4. The number of amides is 3. The van der Waals surface area contributed by atoms with Crippen molar-refractivity contribution in [3.05, 3.63) is 61.0 Å². The largest absolute Gasteiger partial charge is 0.454 e. The number of anilines is 1. The van der Waals surface area contributed by atoms with Gasteiger partial charge in [-0.05, 0) is 19.1 Å². The number of imide groups is 1. The molecular weight excluding hydrogens is 478 g/mol. The van der Waals surface area contributed by atoms with Crippen LogP contribution in [0.3, 0.4) is 0 Å². The third-order valence-electron chi connectivity index (χ3n) is 4.17. The molecule has 0 saturated carbocycles. The van der Waals surface area contributed by atoms with Crippen LogP contribution in [0.4, 0.5) is 5.69 Å². The van der Waals surface area contributed by atoms with Crippen molar-refractivity contribution in [2.24, 2.45) is 0 Å². The van der Waals surface area contributed by atoms with E-state index in [4.69, 9.17) is 51.1 Å². The molecule has 1 N–H and O–H groups in total. The van der Waals surface area contributed by atoms with E-state index in [0.29, 0.717) is 10.6 Å². The van der Waals surface area contributed by atoms with Crippen LogP contribution >= 0.6 is 46.4 Å². The number of fused-ring (bicyclic) bond motifs is 1. The Bertz CT molecular complexity index is 1040. The Hall–Kier alpha value is -2.32. The van der Waals surface area contributed by atoms with E-state index in [9.17, 15) is 19.2 Å². The molecular formula is C19H12Cl4N2O5. The molecule has 0 bridgehead atoms. The second kappa shape index (κ2) is 8.81. The molecule has 0 fully saturated rings. The molecule has 156 valence electrons. The number of carbonyl (C=O) groups excluding carboxylic acids is 4. The van der Waals surface area contributed by atoms with E-state index < -0.39 is 36.8 Å². The molecule has 2 aromatic rings. The average molecular weight is 490 g/mol. The third kappa shape index (κ3) is 4.25. The molecule has 0 radical (unpaired) electrons. The lowest BCUT2D eigenvalue weighted by Gasteiger charge is -2.13. The number of carbonyl (C=O) groups is 4.